The Morgan fingerprint density at radius 1 is 1.14 bits per heavy atom. The fourth-order valence-corrected chi connectivity index (χ4v) is 2.62. The van der Waals surface area contributed by atoms with Gasteiger partial charge in [-0.25, -0.2) is 0 Å². The summed E-state index contributed by atoms with van der Waals surface area (Å²) in [5.41, 5.74) is 1.30. The molecule has 116 valence electrons. The largest absolute Gasteiger partial charge is 0.369 e. The zero-order valence-electron chi connectivity index (χ0n) is 13.1. The average molecular weight is 289 g/mol. The summed E-state index contributed by atoms with van der Waals surface area (Å²) in [6.07, 6.45) is 2.82. The highest BCUT2D eigenvalue weighted by atomic mass is 16.1. The maximum atomic E-state index is 11.7. The monoisotopic (exact) mass is 289 g/mol. The summed E-state index contributed by atoms with van der Waals surface area (Å²) in [7, 11) is 0. The van der Waals surface area contributed by atoms with Gasteiger partial charge in [-0.2, -0.15) is 0 Å². The van der Waals surface area contributed by atoms with Crippen LogP contribution in [0.1, 0.15) is 26.2 Å². The Hall–Kier alpha value is -1.55. The van der Waals surface area contributed by atoms with Crippen LogP contribution >= 0.6 is 0 Å². The highest BCUT2D eigenvalue weighted by Crippen LogP contribution is 2.15. The van der Waals surface area contributed by atoms with Crippen molar-refractivity contribution < 1.29 is 4.79 Å². The lowest BCUT2D eigenvalue weighted by molar-refractivity contribution is -0.121. The summed E-state index contributed by atoms with van der Waals surface area (Å²) in [6.45, 7) is 7.99. The summed E-state index contributed by atoms with van der Waals surface area (Å²) >= 11 is 0. The molecule has 1 fully saturated rings. The molecule has 0 bridgehead atoms. The van der Waals surface area contributed by atoms with Gasteiger partial charge in [0, 0.05) is 51.4 Å². The number of amides is 1. The first kappa shape index (κ1) is 15.8. The number of para-hydroxylation sites is 1. The van der Waals surface area contributed by atoms with E-state index in [1.54, 1.807) is 0 Å². The van der Waals surface area contributed by atoms with E-state index < -0.39 is 0 Å². The normalized spacial score (nSPS) is 16.0. The molecule has 0 unspecified atom stereocenters. The third-order valence-corrected chi connectivity index (χ3v) is 4.00. The van der Waals surface area contributed by atoms with Crippen molar-refractivity contribution in [3.63, 3.8) is 0 Å². The van der Waals surface area contributed by atoms with Gasteiger partial charge in [0.05, 0.1) is 0 Å². The number of benzene rings is 1. The summed E-state index contributed by atoms with van der Waals surface area (Å²) in [4.78, 5) is 16.5. The van der Waals surface area contributed by atoms with E-state index in [4.69, 9.17) is 0 Å². The fourth-order valence-electron chi connectivity index (χ4n) is 2.62. The second kappa shape index (κ2) is 8.67. The van der Waals surface area contributed by atoms with E-state index in [0.717, 1.165) is 52.1 Å². The molecule has 1 amide bonds. The highest BCUT2D eigenvalue weighted by Gasteiger charge is 2.17. The zero-order valence-corrected chi connectivity index (χ0v) is 13.1. The average Bonchev–Trinajstić information content (AvgIpc) is 2.54. The van der Waals surface area contributed by atoms with Crippen LogP contribution in [0.5, 0.6) is 0 Å². The molecule has 0 saturated carbocycles. The van der Waals surface area contributed by atoms with Crippen molar-refractivity contribution in [1.29, 1.82) is 0 Å². The molecule has 4 nitrogen and oxygen atoms in total. The maximum Gasteiger partial charge on any atom is 0.221 e. The minimum absolute atomic E-state index is 0.189. The van der Waals surface area contributed by atoms with Crippen LogP contribution in [0.3, 0.4) is 0 Å². The van der Waals surface area contributed by atoms with Crippen molar-refractivity contribution in [3.8, 4) is 0 Å². The van der Waals surface area contributed by atoms with Gasteiger partial charge in [-0.15, -0.1) is 0 Å². The van der Waals surface area contributed by atoms with Crippen molar-refractivity contribution in [3.05, 3.63) is 30.3 Å². The van der Waals surface area contributed by atoms with E-state index in [1.165, 1.54) is 5.69 Å². The summed E-state index contributed by atoms with van der Waals surface area (Å²) < 4.78 is 0. The third-order valence-electron chi connectivity index (χ3n) is 4.00. The van der Waals surface area contributed by atoms with Crippen LogP contribution in [0.4, 0.5) is 5.69 Å². The number of hydrogen-bond acceptors (Lipinski definition) is 3. The van der Waals surface area contributed by atoms with E-state index in [0.29, 0.717) is 6.42 Å². The Labute approximate surface area is 128 Å². The van der Waals surface area contributed by atoms with Crippen LogP contribution in [0.2, 0.25) is 0 Å². The molecule has 1 N–H and O–H groups in total. The fraction of sp³-hybridized carbons (Fsp3) is 0.588. The van der Waals surface area contributed by atoms with Gasteiger partial charge in [0.15, 0.2) is 0 Å². The van der Waals surface area contributed by atoms with Crippen molar-refractivity contribution in [2.75, 3.05) is 44.2 Å². The second-order valence-corrected chi connectivity index (χ2v) is 5.62. The van der Waals surface area contributed by atoms with Crippen LogP contribution in [-0.4, -0.2) is 50.1 Å². The lowest BCUT2D eigenvalue weighted by atomic mass is 10.2. The van der Waals surface area contributed by atoms with Crippen LogP contribution in [0, 0.1) is 0 Å². The molecule has 0 radical (unpaired) electrons. The molecule has 1 aliphatic rings. The number of unbranched alkanes of at least 4 members (excludes halogenated alkanes) is 1. The summed E-state index contributed by atoms with van der Waals surface area (Å²) in [5, 5.41) is 2.98. The molecule has 0 spiro atoms. The number of rotatable bonds is 7. The number of carbonyl (C=O) groups excluding carboxylic acids is 1. The Morgan fingerprint density at radius 2 is 1.86 bits per heavy atom. The van der Waals surface area contributed by atoms with Gasteiger partial charge in [-0.1, -0.05) is 31.5 Å². The lowest BCUT2D eigenvalue weighted by Crippen LogP contribution is -2.47. The van der Waals surface area contributed by atoms with Crippen LogP contribution in [0.25, 0.3) is 0 Å². The van der Waals surface area contributed by atoms with Crippen LogP contribution < -0.4 is 10.2 Å². The van der Waals surface area contributed by atoms with E-state index in [1.807, 2.05) is 0 Å². The molecule has 1 aromatic carbocycles. The lowest BCUT2D eigenvalue weighted by Gasteiger charge is -2.36. The molecule has 1 aromatic rings. The van der Waals surface area contributed by atoms with Gasteiger partial charge in [-0.3, -0.25) is 9.69 Å². The second-order valence-electron chi connectivity index (χ2n) is 5.62. The summed E-state index contributed by atoms with van der Waals surface area (Å²) in [6, 6.07) is 10.6. The smallest absolute Gasteiger partial charge is 0.221 e. The number of hydrogen-bond donors (Lipinski definition) is 1. The van der Waals surface area contributed by atoms with Crippen LogP contribution in [0.15, 0.2) is 30.3 Å². The quantitative estimate of drug-likeness (QED) is 0.781. The first-order valence-corrected chi connectivity index (χ1v) is 8.08. The predicted molar refractivity (Wildman–Crippen MR) is 87.6 cm³/mol. The molecule has 0 aromatic heterocycles. The minimum atomic E-state index is 0.189. The highest BCUT2D eigenvalue weighted by molar-refractivity contribution is 5.76. The van der Waals surface area contributed by atoms with Gasteiger partial charge in [0.1, 0.15) is 0 Å². The van der Waals surface area contributed by atoms with Gasteiger partial charge in [0.2, 0.25) is 5.91 Å². The Kier molecular flexibility index (Phi) is 6.54. The number of carbonyl (C=O) groups is 1. The van der Waals surface area contributed by atoms with E-state index in [2.05, 4.69) is 52.4 Å². The molecule has 21 heavy (non-hydrogen) atoms. The molecule has 2 rings (SSSR count). The molecule has 1 aliphatic heterocycles. The van der Waals surface area contributed by atoms with Crippen molar-refractivity contribution in [2.24, 2.45) is 0 Å². The number of piperazine rings is 1. The first-order chi connectivity index (χ1) is 10.3. The maximum absolute atomic E-state index is 11.7. The molecule has 1 saturated heterocycles. The minimum Gasteiger partial charge on any atom is -0.369 e. The predicted octanol–water partition coefficient (Wildman–Crippen LogP) is 2.11. The Bertz CT molecular complexity index is 413. The van der Waals surface area contributed by atoms with Crippen molar-refractivity contribution in [1.82, 2.24) is 10.2 Å². The topological polar surface area (TPSA) is 35.6 Å². The van der Waals surface area contributed by atoms with Crippen LogP contribution in [-0.2, 0) is 4.79 Å². The van der Waals surface area contributed by atoms with Gasteiger partial charge >= 0.3 is 0 Å². The zero-order chi connectivity index (χ0) is 14.9. The van der Waals surface area contributed by atoms with Gasteiger partial charge in [0.25, 0.3) is 0 Å². The number of nitrogens with zero attached hydrogens (tertiary/aromatic N) is 2. The summed E-state index contributed by atoms with van der Waals surface area (Å²) in [5.74, 6) is 0.189. The SMILES string of the molecule is CCCCNC(=O)CCN1CCN(c2ccccc2)CC1. The third kappa shape index (κ3) is 5.38. The Morgan fingerprint density at radius 3 is 2.52 bits per heavy atom. The van der Waals surface area contributed by atoms with Gasteiger partial charge < -0.3 is 10.2 Å². The van der Waals surface area contributed by atoms with Gasteiger partial charge in [-0.05, 0) is 18.6 Å². The van der Waals surface area contributed by atoms with E-state index in [-0.39, 0.29) is 5.91 Å². The number of anilines is 1. The molecular weight excluding hydrogens is 262 g/mol. The van der Waals surface area contributed by atoms with Crippen molar-refractivity contribution >= 4 is 11.6 Å². The Balaban J connectivity index is 1.64. The van der Waals surface area contributed by atoms with E-state index >= 15 is 0 Å². The van der Waals surface area contributed by atoms with Crippen molar-refractivity contribution in [2.45, 2.75) is 26.2 Å². The standard InChI is InChI=1S/C17H27N3O/c1-2-3-10-18-17(21)9-11-19-12-14-20(15-13-19)16-7-5-4-6-8-16/h4-8H,2-3,9-15H2,1H3,(H,18,21). The van der Waals surface area contributed by atoms with E-state index in [9.17, 15) is 4.79 Å². The molecule has 1 heterocycles. The molecule has 0 aliphatic carbocycles. The molecular formula is C17H27N3O. The first-order valence-electron chi connectivity index (χ1n) is 8.08. The molecule has 0 atom stereocenters. The molecule has 4 heteroatoms. The number of nitrogens with one attached hydrogen (secondary N) is 1.